The molecule has 1 radical (unpaired) electrons. The van der Waals surface area contributed by atoms with Crippen LogP contribution in [0.5, 0.6) is 0 Å². The molecule has 0 saturated heterocycles. The van der Waals surface area contributed by atoms with Gasteiger partial charge in [0.25, 0.3) is 0 Å². The second kappa shape index (κ2) is 3.95. The molecule has 0 aliphatic heterocycles. The fraction of sp³-hybridized carbons (Fsp3) is 0.909. The lowest BCUT2D eigenvalue weighted by atomic mass is 9.79. The fourth-order valence-electron chi connectivity index (χ4n) is 2.38. The lowest BCUT2D eigenvalue weighted by molar-refractivity contribution is 0.272. The zero-order valence-corrected chi connectivity index (χ0v) is 11.1. The summed E-state index contributed by atoms with van der Waals surface area (Å²) in [4.78, 5) is 0. The molecule has 12 heavy (non-hydrogen) atoms. The van der Waals surface area contributed by atoms with E-state index in [2.05, 4.69) is 20.8 Å². The van der Waals surface area contributed by atoms with E-state index in [9.17, 15) is 0 Å². The predicted molar refractivity (Wildman–Crippen MR) is 59.2 cm³/mol. The van der Waals surface area contributed by atoms with Crippen LogP contribution in [0.2, 0.25) is 0 Å². The van der Waals surface area contributed by atoms with Crippen molar-refractivity contribution in [2.24, 2.45) is 11.3 Å². The van der Waals surface area contributed by atoms with Gasteiger partial charge in [0, 0.05) is 10.2 Å². The first-order valence-corrected chi connectivity index (χ1v) is 6.42. The minimum absolute atomic E-state index is 0.599. The summed E-state index contributed by atoms with van der Waals surface area (Å²) in [5.41, 5.74) is 2.46. The van der Waals surface area contributed by atoms with E-state index in [0.29, 0.717) is 5.41 Å². The van der Waals surface area contributed by atoms with E-state index >= 15 is 0 Å². The summed E-state index contributed by atoms with van der Waals surface area (Å²) >= 11 is 0. The summed E-state index contributed by atoms with van der Waals surface area (Å²) in [6, 6.07) is 0. The highest BCUT2D eigenvalue weighted by Crippen LogP contribution is 2.49. The first kappa shape index (κ1) is 10.3. The molecular formula is C11H23Si. The number of unbranched alkanes of at least 4 members (excludes halogenated alkanes) is 1. The minimum Gasteiger partial charge on any atom is -0.0654 e. The third-order valence-corrected chi connectivity index (χ3v) is 5.68. The Hall–Kier alpha value is 0.217. The molecule has 71 valence electrons. The topological polar surface area (TPSA) is 0 Å². The highest BCUT2D eigenvalue weighted by Gasteiger charge is 2.39. The van der Waals surface area contributed by atoms with Gasteiger partial charge < -0.3 is 0 Å². The van der Waals surface area contributed by atoms with Crippen LogP contribution in [0, 0.1) is 16.9 Å². The molecule has 1 saturated carbocycles. The quantitative estimate of drug-likeness (QED) is 0.590. The lowest BCUT2D eigenvalue weighted by Gasteiger charge is -2.31. The van der Waals surface area contributed by atoms with E-state index in [4.69, 9.17) is 0 Å². The van der Waals surface area contributed by atoms with Crippen LogP contribution >= 0.6 is 0 Å². The van der Waals surface area contributed by atoms with Gasteiger partial charge in [0.2, 0.25) is 0 Å². The van der Waals surface area contributed by atoms with Gasteiger partial charge >= 0.3 is 0 Å². The van der Waals surface area contributed by atoms with Crippen molar-refractivity contribution in [1.82, 2.24) is 0 Å². The summed E-state index contributed by atoms with van der Waals surface area (Å²) in [6.45, 7) is 7.22. The molecule has 0 N–H and O–H groups in total. The SMILES string of the molecule is CCCCC1CC[C]([SiH3])C1(C)C. The van der Waals surface area contributed by atoms with Crippen molar-refractivity contribution >= 4 is 10.2 Å². The van der Waals surface area contributed by atoms with E-state index in [1.165, 1.54) is 42.3 Å². The normalized spacial score (nSPS) is 29.8. The van der Waals surface area contributed by atoms with Gasteiger partial charge in [-0.2, -0.15) is 0 Å². The summed E-state index contributed by atoms with van der Waals surface area (Å²) in [5.74, 6) is 1.00. The van der Waals surface area contributed by atoms with Gasteiger partial charge in [0.1, 0.15) is 0 Å². The maximum absolute atomic E-state index is 2.46. The van der Waals surface area contributed by atoms with Gasteiger partial charge in [-0.05, 0) is 36.1 Å². The number of hydrogen-bond donors (Lipinski definition) is 0. The molecule has 0 aromatic rings. The Bertz CT molecular complexity index is 140. The van der Waals surface area contributed by atoms with Gasteiger partial charge in [-0.3, -0.25) is 0 Å². The van der Waals surface area contributed by atoms with Crippen molar-refractivity contribution in [3.05, 3.63) is 5.54 Å². The van der Waals surface area contributed by atoms with E-state index in [-0.39, 0.29) is 0 Å². The van der Waals surface area contributed by atoms with Crippen LogP contribution in [0.25, 0.3) is 0 Å². The molecule has 0 aromatic carbocycles. The lowest BCUT2D eigenvalue weighted by Crippen LogP contribution is -2.23. The van der Waals surface area contributed by atoms with E-state index in [0.717, 1.165) is 5.92 Å². The van der Waals surface area contributed by atoms with Gasteiger partial charge in [-0.15, -0.1) is 0 Å². The monoisotopic (exact) mass is 183 g/mol. The Kier molecular flexibility index (Phi) is 3.39. The maximum Gasteiger partial charge on any atom is 0.0117 e. The van der Waals surface area contributed by atoms with Crippen molar-refractivity contribution < 1.29 is 0 Å². The van der Waals surface area contributed by atoms with E-state index in [1.807, 2.05) is 5.54 Å². The van der Waals surface area contributed by atoms with Crippen LogP contribution in [0.3, 0.4) is 0 Å². The highest BCUT2D eigenvalue weighted by molar-refractivity contribution is 6.19. The second-order valence-electron chi connectivity index (χ2n) is 4.88. The third kappa shape index (κ3) is 1.93. The van der Waals surface area contributed by atoms with Crippen molar-refractivity contribution in [3.63, 3.8) is 0 Å². The first-order valence-electron chi connectivity index (χ1n) is 5.42. The molecule has 1 atom stereocenters. The zero-order valence-electron chi connectivity index (χ0n) is 9.11. The molecular weight excluding hydrogens is 160 g/mol. The summed E-state index contributed by atoms with van der Waals surface area (Å²) < 4.78 is 0. The number of rotatable bonds is 3. The van der Waals surface area contributed by atoms with Gasteiger partial charge in [-0.1, -0.05) is 33.6 Å². The Morgan fingerprint density at radius 3 is 2.58 bits per heavy atom. The van der Waals surface area contributed by atoms with Crippen LogP contribution in [-0.2, 0) is 0 Å². The van der Waals surface area contributed by atoms with Crippen LogP contribution in [0.1, 0.15) is 52.9 Å². The largest absolute Gasteiger partial charge is 0.0654 e. The predicted octanol–water partition coefficient (Wildman–Crippen LogP) is 2.51. The number of hydrogen-bond acceptors (Lipinski definition) is 0. The molecule has 1 unspecified atom stereocenters. The van der Waals surface area contributed by atoms with Crippen molar-refractivity contribution in [3.8, 4) is 0 Å². The molecule has 1 aliphatic rings. The Morgan fingerprint density at radius 2 is 2.17 bits per heavy atom. The van der Waals surface area contributed by atoms with Crippen molar-refractivity contribution in [1.29, 1.82) is 0 Å². The molecule has 0 nitrogen and oxygen atoms in total. The Morgan fingerprint density at radius 1 is 1.50 bits per heavy atom. The zero-order chi connectivity index (χ0) is 9.19. The minimum atomic E-state index is 0.599. The average molecular weight is 183 g/mol. The summed E-state index contributed by atoms with van der Waals surface area (Å²) in [7, 11) is 1.32. The third-order valence-electron chi connectivity index (χ3n) is 3.89. The molecule has 1 aliphatic carbocycles. The fourth-order valence-corrected chi connectivity index (χ4v) is 3.07. The van der Waals surface area contributed by atoms with Gasteiger partial charge in [0.05, 0.1) is 0 Å². The molecule has 0 amide bonds. The van der Waals surface area contributed by atoms with E-state index in [1.54, 1.807) is 0 Å². The van der Waals surface area contributed by atoms with Crippen LogP contribution < -0.4 is 0 Å². The van der Waals surface area contributed by atoms with E-state index < -0.39 is 0 Å². The van der Waals surface area contributed by atoms with Gasteiger partial charge in [0.15, 0.2) is 0 Å². The highest BCUT2D eigenvalue weighted by atomic mass is 28.1. The molecule has 0 heterocycles. The summed E-state index contributed by atoms with van der Waals surface area (Å²) in [6.07, 6.45) is 7.18. The molecule has 0 spiro atoms. The standard InChI is InChI=1S/C11H23Si/c1-4-5-6-9-7-8-10(12)11(9,2)3/h9H,4-8H2,1-3,12H3. The van der Waals surface area contributed by atoms with Crippen LogP contribution in [0.15, 0.2) is 0 Å². The smallest absolute Gasteiger partial charge is 0.0117 e. The van der Waals surface area contributed by atoms with Crippen LogP contribution in [0.4, 0.5) is 0 Å². The average Bonchev–Trinajstić information content (AvgIpc) is 2.25. The first-order chi connectivity index (χ1) is 5.59. The van der Waals surface area contributed by atoms with Crippen LogP contribution in [-0.4, -0.2) is 10.2 Å². The molecule has 1 fully saturated rings. The Balaban J connectivity index is 2.44. The van der Waals surface area contributed by atoms with Crippen molar-refractivity contribution in [2.45, 2.75) is 52.9 Å². The molecule has 1 heteroatoms. The second-order valence-corrected chi connectivity index (χ2v) is 6.09. The summed E-state index contributed by atoms with van der Waals surface area (Å²) in [5, 5.41) is 0. The van der Waals surface area contributed by atoms with Gasteiger partial charge in [-0.25, -0.2) is 0 Å². The molecule has 0 bridgehead atoms. The maximum atomic E-state index is 2.46. The Labute approximate surface area is 80.6 Å². The molecule has 0 aromatic heterocycles. The van der Waals surface area contributed by atoms with Crippen molar-refractivity contribution in [2.75, 3.05) is 0 Å². The molecule has 1 rings (SSSR count).